The number of fused-ring (bicyclic) bond motifs is 1. The molecule has 0 atom stereocenters. The third kappa shape index (κ3) is 1.78. The number of nitrogens with one attached hydrogen (secondary N) is 2. The molecule has 0 saturated heterocycles. The first-order valence-electron chi connectivity index (χ1n) is 5.17. The molecular weight excluding hydrogens is 216 g/mol. The fourth-order valence-corrected chi connectivity index (χ4v) is 1.65. The van der Waals surface area contributed by atoms with Gasteiger partial charge in [-0.3, -0.25) is 0 Å². The van der Waals surface area contributed by atoms with Crippen LogP contribution in [0.3, 0.4) is 0 Å². The van der Waals surface area contributed by atoms with Crippen molar-refractivity contribution in [2.24, 2.45) is 0 Å². The Balaban J connectivity index is 1.99. The van der Waals surface area contributed by atoms with Gasteiger partial charge >= 0.3 is 0 Å². The van der Waals surface area contributed by atoms with Gasteiger partial charge in [0.2, 0.25) is 0 Å². The summed E-state index contributed by atoms with van der Waals surface area (Å²) < 4.78 is 0. The van der Waals surface area contributed by atoms with Gasteiger partial charge in [-0.25, -0.2) is 9.97 Å². The number of hydrogen-bond donors (Lipinski definition) is 3. The zero-order valence-electron chi connectivity index (χ0n) is 8.88. The molecule has 5 nitrogen and oxygen atoms in total. The van der Waals surface area contributed by atoms with Crippen molar-refractivity contribution in [2.45, 2.75) is 0 Å². The van der Waals surface area contributed by atoms with E-state index in [1.807, 2.05) is 12.3 Å². The van der Waals surface area contributed by atoms with Gasteiger partial charge in [-0.15, -0.1) is 0 Å². The van der Waals surface area contributed by atoms with Gasteiger partial charge in [-0.2, -0.15) is 0 Å². The fraction of sp³-hybridized carbons (Fsp3) is 0. The van der Waals surface area contributed by atoms with Crippen molar-refractivity contribution in [1.82, 2.24) is 15.0 Å². The molecule has 2 aromatic heterocycles. The Morgan fingerprint density at radius 1 is 1.06 bits per heavy atom. The highest BCUT2D eigenvalue weighted by atomic mass is 16.3. The van der Waals surface area contributed by atoms with Gasteiger partial charge in [-0.05, 0) is 30.3 Å². The monoisotopic (exact) mass is 226 g/mol. The van der Waals surface area contributed by atoms with Gasteiger partial charge < -0.3 is 15.4 Å². The second-order valence-electron chi connectivity index (χ2n) is 3.63. The fourth-order valence-electron chi connectivity index (χ4n) is 1.65. The Morgan fingerprint density at radius 3 is 2.71 bits per heavy atom. The van der Waals surface area contributed by atoms with Crippen LogP contribution in [0.2, 0.25) is 0 Å². The number of hydrogen-bond acceptors (Lipinski definition) is 4. The molecule has 0 saturated carbocycles. The standard InChI is InChI=1S/C12H10N4O/c17-9-3-1-8(2-4-9)16-12-11-10(5-6-13-11)14-7-15-12/h1-7,13,17H,(H,14,15,16). The van der Waals surface area contributed by atoms with Crippen LogP contribution in [0.25, 0.3) is 11.0 Å². The third-order valence-corrected chi connectivity index (χ3v) is 2.48. The Bertz CT molecular complexity index is 645. The minimum atomic E-state index is 0.239. The number of benzene rings is 1. The summed E-state index contributed by atoms with van der Waals surface area (Å²) in [7, 11) is 0. The SMILES string of the molecule is Oc1ccc(Nc2ncnc3cc[nH]c23)cc1. The Labute approximate surface area is 97.2 Å². The van der Waals surface area contributed by atoms with E-state index in [9.17, 15) is 5.11 Å². The normalized spacial score (nSPS) is 10.6. The largest absolute Gasteiger partial charge is 0.508 e. The number of H-pyrrole nitrogens is 1. The lowest BCUT2D eigenvalue weighted by atomic mass is 10.3. The van der Waals surface area contributed by atoms with Gasteiger partial charge in [-0.1, -0.05) is 0 Å². The average molecular weight is 226 g/mol. The highest BCUT2D eigenvalue weighted by Crippen LogP contribution is 2.22. The van der Waals surface area contributed by atoms with Crippen LogP contribution in [-0.4, -0.2) is 20.1 Å². The van der Waals surface area contributed by atoms with E-state index in [4.69, 9.17) is 0 Å². The van der Waals surface area contributed by atoms with Crippen molar-refractivity contribution in [2.75, 3.05) is 5.32 Å². The number of aromatic nitrogens is 3. The molecule has 2 heterocycles. The molecule has 17 heavy (non-hydrogen) atoms. The molecule has 0 spiro atoms. The van der Waals surface area contributed by atoms with Crippen LogP contribution < -0.4 is 5.32 Å². The Kier molecular flexibility index (Phi) is 2.15. The van der Waals surface area contributed by atoms with Crippen molar-refractivity contribution in [3.63, 3.8) is 0 Å². The maximum absolute atomic E-state index is 9.20. The summed E-state index contributed by atoms with van der Waals surface area (Å²) in [6.07, 6.45) is 3.33. The van der Waals surface area contributed by atoms with Crippen LogP contribution in [-0.2, 0) is 0 Å². The van der Waals surface area contributed by atoms with Crippen molar-refractivity contribution >= 4 is 22.5 Å². The minimum Gasteiger partial charge on any atom is -0.508 e. The van der Waals surface area contributed by atoms with E-state index < -0.39 is 0 Å². The van der Waals surface area contributed by atoms with Crippen molar-refractivity contribution < 1.29 is 5.11 Å². The number of nitrogens with zero attached hydrogens (tertiary/aromatic N) is 2. The molecule has 3 rings (SSSR count). The average Bonchev–Trinajstić information content (AvgIpc) is 2.81. The Morgan fingerprint density at radius 2 is 1.88 bits per heavy atom. The first-order chi connectivity index (χ1) is 8.33. The van der Waals surface area contributed by atoms with Gasteiger partial charge in [0.15, 0.2) is 5.82 Å². The molecule has 84 valence electrons. The van der Waals surface area contributed by atoms with E-state index in [1.54, 1.807) is 24.3 Å². The minimum absolute atomic E-state index is 0.239. The van der Waals surface area contributed by atoms with E-state index in [1.165, 1.54) is 6.33 Å². The summed E-state index contributed by atoms with van der Waals surface area (Å²) >= 11 is 0. The molecular formula is C12H10N4O. The molecule has 0 aliphatic rings. The summed E-state index contributed by atoms with van der Waals surface area (Å²) in [6, 6.07) is 8.70. The first-order valence-corrected chi connectivity index (χ1v) is 5.17. The highest BCUT2D eigenvalue weighted by Gasteiger charge is 2.04. The molecule has 1 aromatic carbocycles. The molecule has 0 bridgehead atoms. The number of phenols is 1. The summed E-state index contributed by atoms with van der Waals surface area (Å²) in [5.41, 5.74) is 2.58. The van der Waals surface area contributed by atoms with E-state index >= 15 is 0 Å². The summed E-state index contributed by atoms with van der Waals surface area (Å²) in [4.78, 5) is 11.4. The number of rotatable bonds is 2. The second kappa shape index (κ2) is 3.79. The summed E-state index contributed by atoms with van der Waals surface area (Å²) in [6.45, 7) is 0. The van der Waals surface area contributed by atoms with Gasteiger partial charge in [0.05, 0.1) is 5.52 Å². The van der Waals surface area contributed by atoms with Crippen molar-refractivity contribution in [3.05, 3.63) is 42.9 Å². The molecule has 3 N–H and O–H groups in total. The van der Waals surface area contributed by atoms with Gasteiger partial charge in [0, 0.05) is 11.9 Å². The molecule has 5 heteroatoms. The van der Waals surface area contributed by atoms with Crippen molar-refractivity contribution in [3.8, 4) is 5.75 Å². The molecule has 0 unspecified atom stereocenters. The lowest BCUT2D eigenvalue weighted by Crippen LogP contribution is -1.95. The molecule has 0 radical (unpaired) electrons. The zero-order chi connectivity index (χ0) is 11.7. The van der Waals surface area contributed by atoms with E-state index in [2.05, 4.69) is 20.3 Å². The molecule has 0 fully saturated rings. The molecule has 0 amide bonds. The lowest BCUT2D eigenvalue weighted by Gasteiger charge is -2.06. The maximum atomic E-state index is 9.20. The van der Waals surface area contributed by atoms with Crippen LogP contribution >= 0.6 is 0 Å². The molecule has 3 aromatic rings. The third-order valence-electron chi connectivity index (χ3n) is 2.48. The number of anilines is 2. The molecule has 0 aliphatic carbocycles. The smallest absolute Gasteiger partial charge is 0.158 e. The maximum Gasteiger partial charge on any atom is 0.158 e. The van der Waals surface area contributed by atoms with E-state index in [0.29, 0.717) is 5.82 Å². The van der Waals surface area contributed by atoms with Crippen LogP contribution in [0.4, 0.5) is 11.5 Å². The first kappa shape index (κ1) is 9.65. The lowest BCUT2D eigenvalue weighted by molar-refractivity contribution is 0.475. The highest BCUT2D eigenvalue weighted by molar-refractivity contribution is 5.87. The van der Waals surface area contributed by atoms with Crippen LogP contribution in [0.15, 0.2) is 42.9 Å². The predicted octanol–water partition coefficient (Wildman–Crippen LogP) is 2.41. The van der Waals surface area contributed by atoms with Crippen LogP contribution in [0.1, 0.15) is 0 Å². The molecule has 0 aliphatic heterocycles. The van der Waals surface area contributed by atoms with E-state index in [0.717, 1.165) is 16.7 Å². The van der Waals surface area contributed by atoms with Crippen molar-refractivity contribution in [1.29, 1.82) is 0 Å². The van der Waals surface area contributed by atoms with Crippen LogP contribution in [0, 0.1) is 0 Å². The number of phenolic OH excluding ortho intramolecular Hbond substituents is 1. The quantitative estimate of drug-likeness (QED) is 0.586. The Hall–Kier alpha value is -2.56. The van der Waals surface area contributed by atoms with Gasteiger partial charge in [0.1, 0.15) is 17.6 Å². The zero-order valence-corrected chi connectivity index (χ0v) is 8.88. The summed E-state index contributed by atoms with van der Waals surface area (Å²) in [5, 5.41) is 12.4. The second-order valence-corrected chi connectivity index (χ2v) is 3.63. The predicted molar refractivity (Wildman–Crippen MR) is 65.3 cm³/mol. The number of aromatic amines is 1. The van der Waals surface area contributed by atoms with E-state index in [-0.39, 0.29) is 5.75 Å². The topological polar surface area (TPSA) is 73.8 Å². The van der Waals surface area contributed by atoms with Crippen LogP contribution in [0.5, 0.6) is 5.75 Å². The number of aromatic hydroxyl groups is 1. The summed E-state index contributed by atoms with van der Waals surface area (Å²) in [5.74, 6) is 0.953. The van der Waals surface area contributed by atoms with Gasteiger partial charge in [0.25, 0.3) is 0 Å².